The van der Waals surface area contributed by atoms with E-state index in [-0.39, 0.29) is 11.9 Å². The molecule has 2 rings (SSSR count). The van der Waals surface area contributed by atoms with E-state index >= 15 is 0 Å². The van der Waals surface area contributed by atoms with Crippen LogP contribution < -0.4 is 4.74 Å². The molecule has 0 saturated heterocycles. The van der Waals surface area contributed by atoms with Gasteiger partial charge in [-0.15, -0.1) is 0 Å². The number of hydrogen-bond donors (Lipinski definition) is 0. The molecule has 0 heterocycles. The zero-order chi connectivity index (χ0) is 15.8. The number of carbonyl (C=O) groups excluding carboxylic acids is 1. The number of rotatable bonds is 7. The lowest BCUT2D eigenvalue weighted by molar-refractivity contribution is -0.142. The Bertz CT molecular complexity index is 593. The fourth-order valence-electron chi connectivity index (χ4n) is 2.22. The molecule has 116 valence electrons. The first-order valence-corrected chi connectivity index (χ1v) is 7.52. The fraction of sp³-hybridized carbons (Fsp3) is 0.316. The van der Waals surface area contributed by atoms with E-state index in [0.29, 0.717) is 13.2 Å². The highest BCUT2D eigenvalue weighted by Crippen LogP contribution is 2.18. The Morgan fingerprint density at radius 1 is 1.05 bits per heavy atom. The monoisotopic (exact) mass is 298 g/mol. The third kappa shape index (κ3) is 5.60. The molecule has 2 aromatic carbocycles. The molecule has 0 aliphatic carbocycles. The first kappa shape index (κ1) is 16.1. The minimum absolute atomic E-state index is 0.230. The summed E-state index contributed by atoms with van der Waals surface area (Å²) in [4.78, 5) is 10.8. The Balaban J connectivity index is 1.88. The van der Waals surface area contributed by atoms with Crippen molar-refractivity contribution >= 4 is 5.97 Å². The molecule has 22 heavy (non-hydrogen) atoms. The van der Waals surface area contributed by atoms with Gasteiger partial charge < -0.3 is 9.47 Å². The van der Waals surface area contributed by atoms with Crippen molar-refractivity contribution in [1.29, 1.82) is 0 Å². The van der Waals surface area contributed by atoms with Crippen LogP contribution in [0.4, 0.5) is 0 Å². The highest BCUT2D eigenvalue weighted by atomic mass is 16.5. The fourth-order valence-corrected chi connectivity index (χ4v) is 2.22. The molecule has 2 aromatic rings. The summed E-state index contributed by atoms with van der Waals surface area (Å²) < 4.78 is 10.9. The van der Waals surface area contributed by atoms with Gasteiger partial charge in [-0.05, 0) is 35.6 Å². The summed E-state index contributed by atoms with van der Waals surface area (Å²) in [7, 11) is 0. The largest absolute Gasteiger partial charge is 0.489 e. The molecule has 0 fully saturated rings. The quantitative estimate of drug-likeness (QED) is 0.725. The summed E-state index contributed by atoms with van der Waals surface area (Å²) in [5.41, 5.74) is 2.33. The van der Waals surface area contributed by atoms with E-state index in [2.05, 4.69) is 13.0 Å². The van der Waals surface area contributed by atoms with Crippen LogP contribution in [0.25, 0.3) is 0 Å². The Labute approximate surface area is 131 Å². The molecule has 0 N–H and O–H groups in total. The van der Waals surface area contributed by atoms with Crippen molar-refractivity contribution in [3.63, 3.8) is 0 Å². The highest BCUT2D eigenvalue weighted by molar-refractivity contribution is 5.65. The lowest BCUT2D eigenvalue weighted by atomic mass is 10.0. The summed E-state index contributed by atoms with van der Waals surface area (Å²) in [5.74, 6) is 0.918. The van der Waals surface area contributed by atoms with Crippen molar-refractivity contribution in [1.82, 2.24) is 0 Å². The van der Waals surface area contributed by atoms with Crippen LogP contribution in [0, 0.1) is 5.92 Å². The molecule has 3 nitrogen and oxygen atoms in total. The molecular weight excluding hydrogens is 276 g/mol. The standard InChI is InChI=1S/C19H22O3/c1-15(13-21-16(2)20)11-18-9-6-10-19(12-18)22-14-17-7-4-3-5-8-17/h3-10,12,15H,11,13-14H2,1-2H3. The summed E-state index contributed by atoms with van der Waals surface area (Å²) in [6.07, 6.45) is 0.857. The Morgan fingerprint density at radius 3 is 2.50 bits per heavy atom. The predicted octanol–water partition coefficient (Wildman–Crippen LogP) is 4.01. The van der Waals surface area contributed by atoms with Gasteiger partial charge >= 0.3 is 5.97 Å². The lowest BCUT2D eigenvalue weighted by Crippen LogP contribution is -2.11. The van der Waals surface area contributed by atoms with E-state index in [1.54, 1.807) is 0 Å². The van der Waals surface area contributed by atoms with Crippen LogP contribution in [0.5, 0.6) is 5.75 Å². The van der Waals surface area contributed by atoms with Crippen LogP contribution in [-0.2, 0) is 22.6 Å². The second-order valence-corrected chi connectivity index (χ2v) is 5.53. The summed E-state index contributed by atoms with van der Waals surface area (Å²) in [6.45, 7) is 4.52. The van der Waals surface area contributed by atoms with Crippen molar-refractivity contribution in [3.8, 4) is 5.75 Å². The van der Waals surface area contributed by atoms with Crippen LogP contribution in [0.3, 0.4) is 0 Å². The number of carbonyl (C=O) groups is 1. The topological polar surface area (TPSA) is 35.5 Å². The van der Waals surface area contributed by atoms with E-state index in [9.17, 15) is 4.79 Å². The van der Waals surface area contributed by atoms with Gasteiger partial charge in [0.05, 0.1) is 6.61 Å². The van der Waals surface area contributed by atoms with Crippen molar-refractivity contribution in [3.05, 3.63) is 65.7 Å². The average Bonchev–Trinajstić information content (AvgIpc) is 2.52. The third-order valence-corrected chi connectivity index (χ3v) is 3.30. The molecule has 0 radical (unpaired) electrons. The van der Waals surface area contributed by atoms with Crippen molar-refractivity contribution in [2.75, 3.05) is 6.61 Å². The first-order valence-electron chi connectivity index (χ1n) is 7.52. The van der Waals surface area contributed by atoms with Crippen molar-refractivity contribution < 1.29 is 14.3 Å². The van der Waals surface area contributed by atoms with Crippen molar-refractivity contribution in [2.24, 2.45) is 5.92 Å². The van der Waals surface area contributed by atoms with Crippen LogP contribution in [0.15, 0.2) is 54.6 Å². The van der Waals surface area contributed by atoms with Gasteiger partial charge in [0.1, 0.15) is 12.4 Å². The van der Waals surface area contributed by atoms with Gasteiger partial charge in [-0.1, -0.05) is 49.4 Å². The van der Waals surface area contributed by atoms with Crippen LogP contribution >= 0.6 is 0 Å². The predicted molar refractivity (Wildman–Crippen MR) is 86.7 cm³/mol. The van der Waals surface area contributed by atoms with Gasteiger partial charge in [0.2, 0.25) is 0 Å². The molecule has 0 amide bonds. The highest BCUT2D eigenvalue weighted by Gasteiger charge is 2.07. The van der Waals surface area contributed by atoms with E-state index in [1.165, 1.54) is 12.5 Å². The molecule has 0 aliphatic heterocycles. The Hall–Kier alpha value is -2.29. The third-order valence-electron chi connectivity index (χ3n) is 3.30. The summed E-state index contributed by atoms with van der Waals surface area (Å²) >= 11 is 0. The molecular formula is C19H22O3. The molecule has 1 atom stereocenters. The van der Waals surface area contributed by atoms with E-state index < -0.39 is 0 Å². The number of esters is 1. The Kier molecular flexibility index (Phi) is 6.01. The molecule has 0 aromatic heterocycles. The van der Waals surface area contributed by atoms with Gasteiger partial charge in [0.25, 0.3) is 0 Å². The van der Waals surface area contributed by atoms with Crippen LogP contribution in [0.2, 0.25) is 0 Å². The second-order valence-electron chi connectivity index (χ2n) is 5.53. The van der Waals surface area contributed by atoms with Gasteiger partial charge in [-0.2, -0.15) is 0 Å². The maximum absolute atomic E-state index is 10.8. The minimum atomic E-state index is -0.230. The molecule has 3 heteroatoms. The second kappa shape index (κ2) is 8.23. The summed E-state index contributed by atoms with van der Waals surface area (Å²) in [5, 5.41) is 0. The maximum Gasteiger partial charge on any atom is 0.302 e. The number of hydrogen-bond acceptors (Lipinski definition) is 3. The molecule has 0 saturated carbocycles. The van der Waals surface area contributed by atoms with Crippen molar-refractivity contribution in [2.45, 2.75) is 26.9 Å². The molecule has 1 unspecified atom stereocenters. The van der Waals surface area contributed by atoms with Gasteiger partial charge in [-0.3, -0.25) is 4.79 Å². The zero-order valence-electron chi connectivity index (χ0n) is 13.1. The van der Waals surface area contributed by atoms with Gasteiger partial charge in [0.15, 0.2) is 0 Å². The van der Waals surface area contributed by atoms with Crippen LogP contribution in [-0.4, -0.2) is 12.6 Å². The smallest absolute Gasteiger partial charge is 0.302 e. The summed E-state index contributed by atoms with van der Waals surface area (Å²) in [6, 6.07) is 18.2. The SMILES string of the molecule is CC(=O)OCC(C)Cc1cccc(OCc2ccccc2)c1. The first-order chi connectivity index (χ1) is 10.6. The van der Waals surface area contributed by atoms with Crippen LogP contribution in [0.1, 0.15) is 25.0 Å². The zero-order valence-corrected chi connectivity index (χ0v) is 13.1. The number of benzene rings is 2. The number of ether oxygens (including phenoxy) is 2. The maximum atomic E-state index is 10.8. The molecule has 0 spiro atoms. The average molecular weight is 298 g/mol. The molecule has 0 bridgehead atoms. The Morgan fingerprint density at radius 2 is 1.77 bits per heavy atom. The molecule has 0 aliphatic rings. The minimum Gasteiger partial charge on any atom is -0.489 e. The normalized spacial score (nSPS) is 11.7. The lowest BCUT2D eigenvalue weighted by Gasteiger charge is -2.12. The van der Waals surface area contributed by atoms with Gasteiger partial charge in [0, 0.05) is 6.92 Å². The van der Waals surface area contributed by atoms with Gasteiger partial charge in [-0.25, -0.2) is 0 Å². The van der Waals surface area contributed by atoms with E-state index in [0.717, 1.165) is 17.7 Å². The van der Waals surface area contributed by atoms with E-state index in [1.807, 2.05) is 48.5 Å². The van der Waals surface area contributed by atoms with E-state index in [4.69, 9.17) is 9.47 Å².